The molecule has 6 heteroatoms. The molecular formula is C13H23N5O. The number of anilines is 1. The van der Waals surface area contributed by atoms with Crippen LogP contribution in [0.15, 0.2) is 6.07 Å². The molecule has 2 rings (SSSR count). The molecule has 1 aromatic heterocycles. The van der Waals surface area contributed by atoms with E-state index in [9.17, 15) is 0 Å². The first-order valence-corrected chi connectivity index (χ1v) is 6.86. The first-order chi connectivity index (χ1) is 9.28. The second-order valence-corrected chi connectivity index (χ2v) is 4.71. The Bertz CT molecular complexity index is 393. The molecule has 0 aliphatic carbocycles. The van der Waals surface area contributed by atoms with Gasteiger partial charge in [-0.3, -0.25) is 4.90 Å². The quantitative estimate of drug-likeness (QED) is 0.756. The highest BCUT2D eigenvalue weighted by Gasteiger charge is 2.09. The van der Waals surface area contributed by atoms with Gasteiger partial charge in [-0.1, -0.05) is 0 Å². The van der Waals surface area contributed by atoms with E-state index in [2.05, 4.69) is 20.2 Å². The molecule has 3 N–H and O–H groups in total. The summed E-state index contributed by atoms with van der Waals surface area (Å²) in [5.41, 5.74) is 6.56. The van der Waals surface area contributed by atoms with Crippen LogP contribution in [0.25, 0.3) is 0 Å². The smallest absolute Gasteiger partial charge is 0.129 e. The summed E-state index contributed by atoms with van der Waals surface area (Å²) in [6.07, 6.45) is 0.793. The van der Waals surface area contributed by atoms with Crippen molar-refractivity contribution in [1.29, 1.82) is 0 Å². The first kappa shape index (κ1) is 14.2. The van der Waals surface area contributed by atoms with E-state index in [1.807, 2.05) is 13.0 Å². The lowest BCUT2D eigenvalue weighted by Gasteiger charge is -2.26. The van der Waals surface area contributed by atoms with Crippen LogP contribution in [0, 0.1) is 6.92 Å². The highest BCUT2D eigenvalue weighted by molar-refractivity contribution is 5.36. The van der Waals surface area contributed by atoms with Crippen LogP contribution in [0.1, 0.15) is 11.5 Å². The van der Waals surface area contributed by atoms with Gasteiger partial charge in [-0.2, -0.15) is 0 Å². The molecule has 106 valence electrons. The number of hydrogen-bond donors (Lipinski definition) is 2. The number of aryl methyl sites for hydroxylation is 1. The summed E-state index contributed by atoms with van der Waals surface area (Å²) < 4.78 is 5.33. The van der Waals surface area contributed by atoms with Gasteiger partial charge in [-0.25, -0.2) is 9.97 Å². The average Bonchev–Trinajstić information content (AvgIpc) is 2.40. The standard InChI is InChI=1S/C13H23N5O/c1-11-16-12(2-3-14)10-13(17-11)15-4-5-18-6-8-19-9-7-18/h10H,2-9,14H2,1H3,(H,15,16,17). The summed E-state index contributed by atoms with van der Waals surface area (Å²) in [7, 11) is 0. The highest BCUT2D eigenvalue weighted by Crippen LogP contribution is 2.07. The Hall–Kier alpha value is -1.24. The molecule has 1 fully saturated rings. The molecule has 0 unspecified atom stereocenters. The number of hydrogen-bond acceptors (Lipinski definition) is 6. The summed E-state index contributed by atoms with van der Waals surface area (Å²) >= 11 is 0. The number of nitrogens with one attached hydrogen (secondary N) is 1. The Morgan fingerprint density at radius 2 is 2.16 bits per heavy atom. The lowest BCUT2D eigenvalue weighted by molar-refractivity contribution is 0.0398. The van der Waals surface area contributed by atoms with Crippen molar-refractivity contribution in [2.24, 2.45) is 5.73 Å². The van der Waals surface area contributed by atoms with Crippen molar-refractivity contribution in [1.82, 2.24) is 14.9 Å². The molecule has 19 heavy (non-hydrogen) atoms. The monoisotopic (exact) mass is 265 g/mol. The van der Waals surface area contributed by atoms with Crippen LogP contribution in [0.4, 0.5) is 5.82 Å². The van der Waals surface area contributed by atoms with Crippen molar-refractivity contribution in [3.8, 4) is 0 Å². The molecule has 0 atom stereocenters. The molecule has 1 aliphatic rings. The van der Waals surface area contributed by atoms with Crippen LogP contribution < -0.4 is 11.1 Å². The molecule has 0 radical (unpaired) electrons. The third-order valence-electron chi connectivity index (χ3n) is 3.13. The lowest BCUT2D eigenvalue weighted by atomic mass is 10.3. The maximum absolute atomic E-state index is 5.56. The SMILES string of the molecule is Cc1nc(CCN)cc(NCCN2CCOCC2)n1. The van der Waals surface area contributed by atoms with Crippen LogP contribution in [0.2, 0.25) is 0 Å². The van der Waals surface area contributed by atoms with Crippen molar-refractivity contribution < 1.29 is 4.74 Å². The normalized spacial score (nSPS) is 16.5. The average molecular weight is 265 g/mol. The maximum atomic E-state index is 5.56. The zero-order valence-corrected chi connectivity index (χ0v) is 11.6. The molecule has 1 aromatic rings. The zero-order valence-electron chi connectivity index (χ0n) is 11.6. The number of morpholine rings is 1. The summed E-state index contributed by atoms with van der Waals surface area (Å²) in [6.45, 7) is 8.14. The fourth-order valence-corrected chi connectivity index (χ4v) is 2.16. The van der Waals surface area contributed by atoms with Crippen molar-refractivity contribution >= 4 is 5.82 Å². The predicted molar refractivity (Wildman–Crippen MR) is 75.3 cm³/mol. The molecule has 1 aliphatic heterocycles. The molecule has 2 heterocycles. The van der Waals surface area contributed by atoms with E-state index in [1.165, 1.54) is 0 Å². The Balaban J connectivity index is 1.81. The fraction of sp³-hybridized carbons (Fsp3) is 0.692. The molecule has 0 saturated carbocycles. The van der Waals surface area contributed by atoms with E-state index in [1.54, 1.807) is 0 Å². The van der Waals surface area contributed by atoms with Crippen LogP contribution in [0.5, 0.6) is 0 Å². The number of rotatable bonds is 6. The summed E-state index contributed by atoms with van der Waals surface area (Å²) in [5.74, 6) is 1.68. The summed E-state index contributed by atoms with van der Waals surface area (Å²) in [6, 6.07) is 1.99. The minimum absolute atomic E-state index is 0.615. The van der Waals surface area contributed by atoms with Crippen LogP contribution >= 0.6 is 0 Å². The molecule has 0 amide bonds. The second-order valence-electron chi connectivity index (χ2n) is 4.71. The molecule has 0 bridgehead atoms. The van der Waals surface area contributed by atoms with Crippen molar-refractivity contribution in [3.63, 3.8) is 0 Å². The predicted octanol–water partition coefficient (Wildman–Crippen LogP) is 0.0303. The van der Waals surface area contributed by atoms with Gasteiger partial charge in [0.25, 0.3) is 0 Å². The zero-order chi connectivity index (χ0) is 13.5. The van der Waals surface area contributed by atoms with Gasteiger partial charge in [0, 0.05) is 44.4 Å². The van der Waals surface area contributed by atoms with Gasteiger partial charge in [0.15, 0.2) is 0 Å². The summed E-state index contributed by atoms with van der Waals surface area (Å²) in [4.78, 5) is 11.2. The van der Waals surface area contributed by atoms with Gasteiger partial charge in [0.05, 0.1) is 13.2 Å². The van der Waals surface area contributed by atoms with Gasteiger partial charge in [-0.05, 0) is 13.5 Å². The molecule has 1 saturated heterocycles. The highest BCUT2D eigenvalue weighted by atomic mass is 16.5. The molecule has 0 spiro atoms. The lowest BCUT2D eigenvalue weighted by Crippen LogP contribution is -2.39. The van der Waals surface area contributed by atoms with E-state index in [4.69, 9.17) is 10.5 Å². The summed E-state index contributed by atoms with van der Waals surface area (Å²) in [5, 5.41) is 3.36. The molecular weight excluding hydrogens is 242 g/mol. The largest absolute Gasteiger partial charge is 0.379 e. The Morgan fingerprint density at radius 3 is 2.89 bits per heavy atom. The van der Waals surface area contributed by atoms with Crippen LogP contribution in [-0.4, -0.2) is 60.8 Å². The number of ether oxygens (including phenoxy) is 1. The van der Waals surface area contributed by atoms with Crippen molar-refractivity contribution in [2.75, 3.05) is 51.3 Å². The van der Waals surface area contributed by atoms with Gasteiger partial charge >= 0.3 is 0 Å². The third kappa shape index (κ3) is 4.74. The van der Waals surface area contributed by atoms with Gasteiger partial charge in [-0.15, -0.1) is 0 Å². The van der Waals surface area contributed by atoms with E-state index in [-0.39, 0.29) is 0 Å². The number of aromatic nitrogens is 2. The van der Waals surface area contributed by atoms with Crippen molar-refractivity contribution in [2.45, 2.75) is 13.3 Å². The van der Waals surface area contributed by atoms with Gasteiger partial charge in [0.1, 0.15) is 11.6 Å². The number of nitrogens with zero attached hydrogens (tertiary/aromatic N) is 3. The minimum Gasteiger partial charge on any atom is -0.379 e. The van der Waals surface area contributed by atoms with E-state index in [0.29, 0.717) is 6.54 Å². The van der Waals surface area contributed by atoms with E-state index < -0.39 is 0 Å². The number of nitrogens with two attached hydrogens (primary N) is 1. The van der Waals surface area contributed by atoms with E-state index in [0.717, 1.165) is 63.1 Å². The molecule has 0 aromatic carbocycles. The third-order valence-corrected chi connectivity index (χ3v) is 3.13. The first-order valence-electron chi connectivity index (χ1n) is 6.86. The van der Waals surface area contributed by atoms with Crippen LogP contribution in [-0.2, 0) is 11.2 Å². The Labute approximate surface area is 114 Å². The Kier molecular flexibility index (Phi) is 5.50. The second kappa shape index (κ2) is 7.37. The maximum Gasteiger partial charge on any atom is 0.129 e. The van der Waals surface area contributed by atoms with Crippen LogP contribution in [0.3, 0.4) is 0 Å². The Morgan fingerprint density at radius 1 is 1.37 bits per heavy atom. The van der Waals surface area contributed by atoms with Gasteiger partial charge in [0.2, 0.25) is 0 Å². The van der Waals surface area contributed by atoms with E-state index >= 15 is 0 Å². The minimum atomic E-state index is 0.615. The van der Waals surface area contributed by atoms with Gasteiger partial charge < -0.3 is 15.8 Å². The molecule has 6 nitrogen and oxygen atoms in total. The topological polar surface area (TPSA) is 76.3 Å². The van der Waals surface area contributed by atoms with Crippen molar-refractivity contribution in [3.05, 3.63) is 17.6 Å². The fourth-order valence-electron chi connectivity index (χ4n) is 2.16.